The van der Waals surface area contributed by atoms with E-state index in [0.29, 0.717) is 19.5 Å². The molecule has 0 atom stereocenters. The summed E-state index contributed by atoms with van der Waals surface area (Å²) in [4.78, 5) is 9.88. The zero-order chi connectivity index (χ0) is 15.7. The molecule has 0 saturated carbocycles. The largest absolute Gasteiger partial charge is 0.311 e. The molecular weight excluding hydrogens is 310 g/mol. The lowest BCUT2D eigenvalue weighted by atomic mass is 10.1. The van der Waals surface area contributed by atoms with Crippen LogP contribution in [0.25, 0.3) is 0 Å². The molecule has 1 aromatic heterocycles. The zero-order valence-corrected chi connectivity index (χ0v) is 12.2. The van der Waals surface area contributed by atoms with Gasteiger partial charge in [-0.15, -0.1) is 0 Å². The maximum atomic E-state index is 12.4. The summed E-state index contributed by atoms with van der Waals surface area (Å²) in [5.41, 5.74) is 1.12. The van der Waals surface area contributed by atoms with E-state index in [9.17, 15) is 18.5 Å². The molecule has 0 aliphatic carbocycles. The number of hydrogen-bond donors (Lipinski definition) is 3. The maximum absolute atomic E-state index is 12.4. The molecule has 9 nitrogen and oxygen atoms in total. The average molecular weight is 323 g/mol. The lowest BCUT2D eigenvalue weighted by Gasteiger charge is -2.13. The van der Waals surface area contributed by atoms with Gasteiger partial charge < -0.3 is 5.32 Å². The molecule has 0 bridgehead atoms. The van der Waals surface area contributed by atoms with Crippen molar-refractivity contribution in [2.24, 2.45) is 0 Å². The number of nitro groups is 1. The Morgan fingerprint density at radius 1 is 1.32 bits per heavy atom. The first-order valence-electron chi connectivity index (χ1n) is 6.52. The van der Waals surface area contributed by atoms with Gasteiger partial charge in [0.1, 0.15) is 0 Å². The highest BCUT2D eigenvalue weighted by Crippen LogP contribution is 2.27. The van der Waals surface area contributed by atoms with Crippen molar-refractivity contribution in [3.05, 3.63) is 45.6 Å². The molecule has 10 heteroatoms. The van der Waals surface area contributed by atoms with E-state index < -0.39 is 20.6 Å². The minimum atomic E-state index is -4.09. The van der Waals surface area contributed by atoms with Gasteiger partial charge in [0.05, 0.1) is 10.6 Å². The quantitative estimate of drug-likeness (QED) is 0.562. The summed E-state index contributed by atoms with van der Waals surface area (Å²) < 4.78 is 27.2. The first-order valence-corrected chi connectivity index (χ1v) is 8.00. The van der Waals surface area contributed by atoms with Gasteiger partial charge in [0, 0.05) is 18.2 Å². The van der Waals surface area contributed by atoms with E-state index in [1.54, 1.807) is 0 Å². The normalized spacial score (nSPS) is 14.4. The van der Waals surface area contributed by atoms with Gasteiger partial charge in [0.2, 0.25) is 0 Å². The number of nitro benzene ring substituents is 1. The van der Waals surface area contributed by atoms with Crippen LogP contribution in [0.5, 0.6) is 0 Å². The van der Waals surface area contributed by atoms with Crippen LogP contribution >= 0.6 is 0 Å². The predicted molar refractivity (Wildman–Crippen MR) is 77.9 cm³/mol. The maximum Gasteiger partial charge on any atom is 0.289 e. The standard InChI is InChI=1S/C12H13N5O4S/c18-17(19)10-3-1-2-4-11(10)22(20,21)16-12-8-5-6-13-7-9(8)14-15-12/h1-4,13H,5-7H2,(H2,14,15,16). The van der Waals surface area contributed by atoms with Crippen LogP contribution in [0.2, 0.25) is 0 Å². The van der Waals surface area contributed by atoms with Crippen LogP contribution in [0.4, 0.5) is 11.5 Å². The minimum absolute atomic E-state index is 0.189. The summed E-state index contributed by atoms with van der Waals surface area (Å²) in [6, 6.07) is 5.20. The summed E-state index contributed by atoms with van der Waals surface area (Å²) in [6.07, 6.45) is 0.626. The Bertz CT molecular complexity index is 830. The van der Waals surface area contributed by atoms with Gasteiger partial charge in [0.25, 0.3) is 15.7 Å². The number of hydrogen-bond acceptors (Lipinski definition) is 6. The fourth-order valence-electron chi connectivity index (χ4n) is 2.35. The van der Waals surface area contributed by atoms with Crippen molar-refractivity contribution in [3.63, 3.8) is 0 Å². The number of benzene rings is 1. The summed E-state index contributed by atoms with van der Waals surface area (Å²) in [6.45, 7) is 1.29. The fourth-order valence-corrected chi connectivity index (χ4v) is 3.55. The van der Waals surface area contributed by atoms with Crippen LogP contribution in [-0.4, -0.2) is 30.1 Å². The topological polar surface area (TPSA) is 130 Å². The number of anilines is 1. The molecule has 1 aliphatic heterocycles. The van der Waals surface area contributed by atoms with E-state index >= 15 is 0 Å². The number of rotatable bonds is 4. The van der Waals surface area contributed by atoms with Crippen LogP contribution in [0.1, 0.15) is 11.3 Å². The molecule has 0 unspecified atom stereocenters. The van der Waals surface area contributed by atoms with Crippen molar-refractivity contribution in [3.8, 4) is 0 Å². The van der Waals surface area contributed by atoms with Gasteiger partial charge in [-0.3, -0.25) is 19.9 Å². The molecule has 0 spiro atoms. The third kappa shape index (κ3) is 2.53. The van der Waals surface area contributed by atoms with Crippen LogP contribution in [0, 0.1) is 10.1 Å². The molecule has 0 amide bonds. The first-order chi connectivity index (χ1) is 10.5. The Morgan fingerprint density at radius 3 is 2.86 bits per heavy atom. The Hall–Kier alpha value is -2.46. The molecular formula is C12H13N5O4S. The monoisotopic (exact) mass is 323 g/mol. The average Bonchev–Trinajstić information content (AvgIpc) is 2.90. The van der Waals surface area contributed by atoms with Crippen LogP contribution in [0.15, 0.2) is 29.2 Å². The van der Waals surface area contributed by atoms with E-state index in [2.05, 4.69) is 20.2 Å². The molecule has 1 aliphatic rings. The summed E-state index contributed by atoms with van der Waals surface area (Å²) in [7, 11) is -4.09. The van der Waals surface area contributed by atoms with Gasteiger partial charge in [0.15, 0.2) is 10.7 Å². The molecule has 2 heterocycles. The highest BCUT2D eigenvalue weighted by Gasteiger charge is 2.27. The minimum Gasteiger partial charge on any atom is -0.311 e. The van der Waals surface area contributed by atoms with Gasteiger partial charge in [-0.25, -0.2) is 8.42 Å². The number of aromatic amines is 1. The van der Waals surface area contributed by atoms with Crippen molar-refractivity contribution >= 4 is 21.5 Å². The van der Waals surface area contributed by atoms with Gasteiger partial charge in [-0.05, 0) is 19.0 Å². The number of H-pyrrole nitrogens is 1. The smallest absolute Gasteiger partial charge is 0.289 e. The first kappa shape index (κ1) is 14.5. The molecule has 0 saturated heterocycles. The van der Waals surface area contributed by atoms with E-state index in [0.717, 1.165) is 17.3 Å². The van der Waals surface area contributed by atoms with Gasteiger partial charge in [-0.1, -0.05) is 12.1 Å². The van der Waals surface area contributed by atoms with Crippen molar-refractivity contribution in [2.75, 3.05) is 11.3 Å². The number of para-hydroxylation sites is 1. The highest BCUT2D eigenvalue weighted by atomic mass is 32.2. The molecule has 2 aromatic rings. The van der Waals surface area contributed by atoms with Crippen LogP contribution < -0.4 is 10.0 Å². The molecule has 0 fully saturated rings. The Labute approximate surface area is 125 Å². The SMILES string of the molecule is O=[N+]([O-])c1ccccc1S(=O)(=O)Nc1n[nH]c2c1CCNC2. The summed E-state index contributed by atoms with van der Waals surface area (Å²) in [5, 5.41) is 20.8. The van der Waals surface area contributed by atoms with Crippen LogP contribution in [-0.2, 0) is 23.0 Å². The molecule has 22 heavy (non-hydrogen) atoms. The van der Waals surface area contributed by atoms with Gasteiger partial charge >= 0.3 is 0 Å². The van der Waals surface area contributed by atoms with Crippen molar-refractivity contribution < 1.29 is 13.3 Å². The molecule has 1 aromatic carbocycles. The van der Waals surface area contributed by atoms with Crippen molar-refractivity contribution in [2.45, 2.75) is 17.9 Å². The van der Waals surface area contributed by atoms with E-state index in [1.807, 2.05) is 0 Å². The van der Waals surface area contributed by atoms with E-state index in [1.165, 1.54) is 18.2 Å². The number of nitrogens with zero attached hydrogens (tertiary/aromatic N) is 2. The van der Waals surface area contributed by atoms with E-state index in [4.69, 9.17) is 0 Å². The lowest BCUT2D eigenvalue weighted by molar-refractivity contribution is -0.387. The Morgan fingerprint density at radius 2 is 2.09 bits per heavy atom. The number of fused-ring (bicyclic) bond motifs is 1. The molecule has 3 rings (SSSR count). The molecule has 0 radical (unpaired) electrons. The fraction of sp³-hybridized carbons (Fsp3) is 0.250. The third-order valence-electron chi connectivity index (χ3n) is 3.39. The van der Waals surface area contributed by atoms with Gasteiger partial charge in [-0.2, -0.15) is 5.10 Å². The summed E-state index contributed by atoms with van der Waals surface area (Å²) in [5.74, 6) is 0.189. The lowest BCUT2D eigenvalue weighted by Crippen LogP contribution is -2.24. The third-order valence-corrected chi connectivity index (χ3v) is 4.78. The second-order valence-electron chi connectivity index (χ2n) is 4.79. The second kappa shape index (κ2) is 5.39. The highest BCUT2D eigenvalue weighted by molar-refractivity contribution is 7.92. The van der Waals surface area contributed by atoms with E-state index in [-0.39, 0.29) is 10.7 Å². The number of aromatic nitrogens is 2. The second-order valence-corrected chi connectivity index (χ2v) is 6.44. The Balaban J connectivity index is 1.98. The Kier molecular flexibility index (Phi) is 3.54. The van der Waals surface area contributed by atoms with Crippen molar-refractivity contribution in [1.82, 2.24) is 15.5 Å². The molecule has 3 N–H and O–H groups in total. The molecule has 116 valence electrons. The number of nitrogens with one attached hydrogen (secondary N) is 3. The number of sulfonamides is 1. The zero-order valence-electron chi connectivity index (χ0n) is 11.4. The van der Waals surface area contributed by atoms with Crippen molar-refractivity contribution in [1.29, 1.82) is 0 Å². The summed E-state index contributed by atoms with van der Waals surface area (Å²) >= 11 is 0. The van der Waals surface area contributed by atoms with Crippen LogP contribution in [0.3, 0.4) is 0 Å². The predicted octanol–water partition coefficient (Wildman–Crippen LogP) is 0.764.